The molecule has 9 heteroatoms. The fourth-order valence-electron chi connectivity index (χ4n) is 5.54. The average molecular weight is 543 g/mol. The van der Waals surface area contributed by atoms with Crippen molar-refractivity contribution < 1.29 is 9.47 Å². The van der Waals surface area contributed by atoms with Gasteiger partial charge in [-0.3, -0.25) is 9.88 Å². The van der Waals surface area contributed by atoms with E-state index in [1.165, 1.54) is 12.8 Å². The standard InChI is InChI=1S/C30H38N6O2Si/c1-39(2,3)15-14-37-21-36-29(12-13-33-36)23-5-11-30(32-17-23)38-27-9-10-28-22(16-27)4-6-24(34-28)20-35-25-7-8-26(35)19-31-18-25/h4-6,9-13,16-17,25-26,31H,7-8,14-15,18-21H2,1-3H3. The molecule has 6 rings (SSSR count). The van der Waals surface area contributed by atoms with E-state index in [4.69, 9.17) is 14.5 Å². The molecule has 0 spiro atoms. The van der Waals surface area contributed by atoms with E-state index in [1.54, 1.807) is 6.20 Å². The number of ether oxygens (including phenoxy) is 2. The molecule has 2 aliphatic heterocycles. The lowest BCUT2D eigenvalue weighted by Gasteiger charge is -2.34. The molecule has 1 aromatic carbocycles. The zero-order chi connectivity index (χ0) is 26.8. The Balaban J connectivity index is 1.08. The Morgan fingerprint density at radius 1 is 1.00 bits per heavy atom. The predicted molar refractivity (Wildman–Crippen MR) is 157 cm³/mol. The van der Waals surface area contributed by atoms with Crippen LogP contribution in [0.2, 0.25) is 25.7 Å². The molecule has 2 aliphatic rings. The van der Waals surface area contributed by atoms with Crippen LogP contribution in [0.3, 0.4) is 0 Å². The third-order valence-corrected chi connectivity index (χ3v) is 9.48. The minimum absolute atomic E-state index is 0.439. The highest BCUT2D eigenvalue weighted by Gasteiger charge is 2.36. The quantitative estimate of drug-likeness (QED) is 0.208. The molecule has 0 radical (unpaired) electrons. The largest absolute Gasteiger partial charge is 0.439 e. The van der Waals surface area contributed by atoms with Gasteiger partial charge < -0.3 is 14.8 Å². The molecule has 0 aliphatic carbocycles. The van der Waals surface area contributed by atoms with Gasteiger partial charge in [-0.1, -0.05) is 25.7 Å². The number of nitrogens with one attached hydrogen (secondary N) is 1. The zero-order valence-corrected chi connectivity index (χ0v) is 24.1. The molecule has 1 N–H and O–H groups in total. The molecule has 4 aromatic rings. The maximum absolute atomic E-state index is 6.09. The van der Waals surface area contributed by atoms with Crippen LogP contribution in [-0.2, 0) is 18.0 Å². The first-order chi connectivity index (χ1) is 18.9. The highest BCUT2D eigenvalue weighted by atomic mass is 28.3. The van der Waals surface area contributed by atoms with Gasteiger partial charge in [0.2, 0.25) is 5.88 Å². The number of aromatic nitrogens is 4. The molecule has 2 fully saturated rings. The number of hydrogen-bond donors (Lipinski definition) is 1. The maximum Gasteiger partial charge on any atom is 0.219 e. The smallest absolute Gasteiger partial charge is 0.219 e. The minimum Gasteiger partial charge on any atom is -0.439 e. The van der Waals surface area contributed by atoms with Crippen LogP contribution in [0.25, 0.3) is 22.2 Å². The maximum atomic E-state index is 6.09. The monoisotopic (exact) mass is 542 g/mol. The summed E-state index contributed by atoms with van der Waals surface area (Å²) in [6.45, 7) is 11.4. The SMILES string of the molecule is C[Si](C)(C)CCOCn1nccc1-c1ccc(Oc2ccc3nc(CN4C5CCC4CNC5)ccc3c2)nc1. The molecule has 0 amide bonds. The van der Waals surface area contributed by atoms with Gasteiger partial charge in [-0.25, -0.2) is 9.67 Å². The Hall–Kier alpha value is -3.11. The van der Waals surface area contributed by atoms with E-state index in [2.05, 4.69) is 52.1 Å². The van der Waals surface area contributed by atoms with Gasteiger partial charge in [0.05, 0.1) is 16.9 Å². The first kappa shape index (κ1) is 26.1. The van der Waals surface area contributed by atoms with Crippen molar-refractivity contribution in [3.8, 4) is 22.9 Å². The second kappa shape index (κ2) is 11.2. The zero-order valence-electron chi connectivity index (χ0n) is 23.1. The third-order valence-electron chi connectivity index (χ3n) is 7.78. The molecule has 5 heterocycles. The highest BCUT2D eigenvalue weighted by Crippen LogP contribution is 2.30. The summed E-state index contributed by atoms with van der Waals surface area (Å²) in [6.07, 6.45) is 6.20. The fraction of sp³-hybridized carbons (Fsp3) is 0.433. The lowest BCUT2D eigenvalue weighted by molar-refractivity contribution is 0.0798. The first-order valence-corrected chi connectivity index (χ1v) is 17.7. The Labute approximate surface area is 231 Å². The van der Waals surface area contributed by atoms with Gasteiger partial charge >= 0.3 is 0 Å². The van der Waals surface area contributed by atoms with Gasteiger partial charge in [-0.2, -0.15) is 5.10 Å². The molecule has 2 bridgehead atoms. The number of hydrogen-bond acceptors (Lipinski definition) is 7. The summed E-state index contributed by atoms with van der Waals surface area (Å²) in [5.74, 6) is 1.30. The van der Waals surface area contributed by atoms with E-state index < -0.39 is 8.07 Å². The number of rotatable bonds is 10. The summed E-state index contributed by atoms with van der Waals surface area (Å²) < 4.78 is 13.9. The van der Waals surface area contributed by atoms with Gasteiger partial charge in [0.1, 0.15) is 12.5 Å². The topological polar surface area (TPSA) is 77.3 Å². The molecule has 2 atom stereocenters. The van der Waals surface area contributed by atoms with Gasteiger partial charge in [0, 0.05) is 75.8 Å². The molecule has 0 saturated carbocycles. The lowest BCUT2D eigenvalue weighted by Crippen LogP contribution is -2.51. The summed E-state index contributed by atoms with van der Waals surface area (Å²) in [6, 6.07) is 18.7. The van der Waals surface area contributed by atoms with E-state index in [1.807, 2.05) is 47.3 Å². The summed E-state index contributed by atoms with van der Waals surface area (Å²) >= 11 is 0. The lowest BCUT2D eigenvalue weighted by atomic mass is 10.1. The van der Waals surface area contributed by atoms with Crippen LogP contribution >= 0.6 is 0 Å². The van der Waals surface area contributed by atoms with Crippen molar-refractivity contribution in [3.63, 3.8) is 0 Å². The van der Waals surface area contributed by atoms with E-state index in [-0.39, 0.29) is 0 Å². The Morgan fingerprint density at radius 3 is 2.62 bits per heavy atom. The number of piperazine rings is 1. The van der Waals surface area contributed by atoms with Crippen LogP contribution in [0.15, 0.2) is 60.9 Å². The van der Waals surface area contributed by atoms with Crippen LogP contribution < -0.4 is 10.1 Å². The second-order valence-electron chi connectivity index (χ2n) is 11.9. The molecule has 2 unspecified atom stereocenters. The van der Waals surface area contributed by atoms with Crippen molar-refractivity contribution in [1.29, 1.82) is 0 Å². The van der Waals surface area contributed by atoms with E-state index in [9.17, 15) is 0 Å². The first-order valence-electron chi connectivity index (χ1n) is 14.0. The molecule has 2 saturated heterocycles. The highest BCUT2D eigenvalue weighted by molar-refractivity contribution is 6.76. The molecule has 39 heavy (non-hydrogen) atoms. The Kier molecular flexibility index (Phi) is 7.48. The number of nitrogens with zero attached hydrogens (tertiary/aromatic N) is 5. The molecule has 8 nitrogen and oxygen atoms in total. The number of pyridine rings is 2. The summed E-state index contributed by atoms with van der Waals surface area (Å²) in [7, 11) is -1.11. The summed E-state index contributed by atoms with van der Waals surface area (Å²) in [5.41, 5.74) is 4.07. The van der Waals surface area contributed by atoms with E-state index >= 15 is 0 Å². The molecular weight excluding hydrogens is 504 g/mol. The average Bonchev–Trinajstić information content (AvgIpc) is 3.46. The number of fused-ring (bicyclic) bond motifs is 3. The Bertz CT molecular complexity index is 1400. The van der Waals surface area contributed by atoms with Crippen molar-refractivity contribution in [2.75, 3.05) is 19.7 Å². The van der Waals surface area contributed by atoms with E-state index in [0.717, 1.165) is 65.9 Å². The van der Waals surface area contributed by atoms with Gasteiger partial charge in [0.25, 0.3) is 0 Å². The van der Waals surface area contributed by atoms with Crippen LogP contribution in [0.4, 0.5) is 0 Å². The third kappa shape index (κ3) is 6.22. The fourth-order valence-corrected chi connectivity index (χ4v) is 6.29. The van der Waals surface area contributed by atoms with Crippen molar-refractivity contribution in [1.82, 2.24) is 30.0 Å². The van der Waals surface area contributed by atoms with Crippen LogP contribution in [0.1, 0.15) is 18.5 Å². The van der Waals surface area contributed by atoms with Crippen molar-refractivity contribution in [2.24, 2.45) is 0 Å². The molecule has 204 valence electrons. The normalized spacial score (nSPS) is 19.6. The minimum atomic E-state index is -1.11. The molecular formula is C30H38N6O2Si. The Morgan fingerprint density at radius 2 is 1.85 bits per heavy atom. The summed E-state index contributed by atoms with van der Waals surface area (Å²) in [4.78, 5) is 12.1. The van der Waals surface area contributed by atoms with Crippen molar-refractivity contribution >= 4 is 19.0 Å². The summed E-state index contributed by atoms with van der Waals surface area (Å²) in [5, 5.41) is 9.05. The van der Waals surface area contributed by atoms with Crippen molar-refractivity contribution in [2.45, 2.75) is 63.9 Å². The van der Waals surface area contributed by atoms with Gasteiger partial charge in [-0.05, 0) is 55.3 Å². The van der Waals surface area contributed by atoms with E-state index in [0.29, 0.717) is 24.7 Å². The van der Waals surface area contributed by atoms with Gasteiger partial charge in [0.15, 0.2) is 0 Å². The number of benzene rings is 1. The van der Waals surface area contributed by atoms with Crippen LogP contribution in [0.5, 0.6) is 11.6 Å². The van der Waals surface area contributed by atoms with Crippen molar-refractivity contribution in [3.05, 3.63) is 66.6 Å². The second-order valence-corrected chi connectivity index (χ2v) is 17.5. The molecule has 3 aromatic heterocycles. The van der Waals surface area contributed by atoms with Crippen LogP contribution in [-0.4, -0.2) is 64.5 Å². The predicted octanol–water partition coefficient (Wildman–Crippen LogP) is 5.53. The van der Waals surface area contributed by atoms with Gasteiger partial charge in [-0.15, -0.1) is 0 Å². The van der Waals surface area contributed by atoms with Crippen LogP contribution in [0, 0.1) is 0 Å².